The van der Waals surface area contributed by atoms with Crippen molar-refractivity contribution in [2.75, 3.05) is 19.6 Å². The number of rotatable bonds is 7. The fraction of sp³-hybridized carbons (Fsp3) is 0.400. The molecule has 1 unspecified atom stereocenters. The summed E-state index contributed by atoms with van der Waals surface area (Å²) in [7, 11) is 0. The first kappa shape index (κ1) is 23.3. The zero-order chi connectivity index (χ0) is 24.4. The number of nitrogens with two attached hydrogens (primary N) is 1. The number of amidine groups is 1. The normalized spacial score (nSPS) is 27.9. The Hall–Kier alpha value is -3.06. The number of hydrogen-bond acceptors (Lipinski definition) is 5. The lowest BCUT2D eigenvalue weighted by molar-refractivity contribution is -0.750. The van der Waals surface area contributed by atoms with E-state index in [9.17, 15) is 0 Å². The van der Waals surface area contributed by atoms with Crippen LogP contribution in [0.5, 0.6) is 5.75 Å². The third kappa shape index (κ3) is 4.69. The maximum atomic E-state index is 6.99. The van der Waals surface area contributed by atoms with Gasteiger partial charge in [-0.3, -0.25) is 4.99 Å². The van der Waals surface area contributed by atoms with Gasteiger partial charge < -0.3 is 9.64 Å². The molecule has 6 rings (SSSR count). The number of allylic oxidation sites excluding steroid dienone is 2. The number of likely N-dealkylation sites (tertiary alicyclic amines) is 1. The fourth-order valence-corrected chi connectivity index (χ4v) is 5.96. The van der Waals surface area contributed by atoms with E-state index in [2.05, 4.69) is 34.2 Å². The van der Waals surface area contributed by atoms with Crippen LogP contribution in [0.2, 0.25) is 0 Å². The van der Waals surface area contributed by atoms with Crippen molar-refractivity contribution in [2.24, 2.45) is 27.7 Å². The lowest BCUT2D eigenvalue weighted by atomic mass is 9.72. The van der Waals surface area contributed by atoms with Crippen LogP contribution in [0.25, 0.3) is 0 Å². The summed E-state index contributed by atoms with van der Waals surface area (Å²) in [6.07, 6.45) is 13.5. The first-order valence-corrected chi connectivity index (χ1v) is 13.4. The lowest BCUT2D eigenvalue weighted by Gasteiger charge is -2.38. The Labute approximate surface area is 214 Å². The molecule has 3 heterocycles. The summed E-state index contributed by atoms with van der Waals surface area (Å²) in [6, 6.07) is 18.4. The molecule has 186 valence electrons. The lowest BCUT2D eigenvalue weighted by Crippen LogP contribution is -2.53. The SMILES string of the molecule is N[N+]12C=CN=CC1=C(C1CC(CN3CCCCCC3)C1)N=C2c1cccc(OCc2ccccc2)c1. The number of ether oxygens (including phenoxy) is 1. The van der Waals surface area contributed by atoms with Crippen LogP contribution in [0.1, 0.15) is 49.7 Å². The molecule has 0 amide bonds. The van der Waals surface area contributed by atoms with Gasteiger partial charge in [0.15, 0.2) is 0 Å². The van der Waals surface area contributed by atoms with Crippen LogP contribution < -0.4 is 10.6 Å². The molecular formula is C30H36N5O+. The van der Waals surface area contributed by atoms with Gasteiger partial charge in [0, 0.05) is 12.5 Å². The average molecular weight is 483 g/mol. The van der Waals surface area contributed by atoms with Gasteiger partial charge in [0.1, 0.15) is 24.3 Å². The molecule has 2 fully saturated rings. The summed E-state index contributed by atoms with van der Waals surface area (Å²) in [6.45, 7) is 4.29. The minimum atomic E-state index is 0.0776. The van der Waals surface area contributed by atoms with Gasteiger partial charge in [0.25, 0.3) is 5.84 Å². The Morgan fingerprint density at radius 3 is 2.58 bits per heavy atom. The summed E-state index contributed by atoms with van der Waals surface area (Å²) in [5, 5.41) is 0. The van der Waals surface area contributed by atoms with Crippen molar-refractivity contribution in [3.05, 3.63) is 89.5 Å². The van der Waals surface area contributed by atoms with Gasteiger partial charge in [-0.05, 0) is 68.5 Å². The van der Waals surface area contributed by atoms with Crippen LogP contribution in [-0.2, 0) is 6.61 Å². The molecule has 1 saturated carbocycles. The molecule has 2 N–H and O–H groups in total. The topological polar surface area (TPSA) is 63.2 Å². The third-order valence-electron chi connectivity index (χ3n) is 8.00. The van der Waals surface area contributed by atoms with Crippen LogP contribution in [0, 0.1) is 11.8 Å². The summed E-state index contributed by atoms with van der Waals surface area (Å²) in [4.78, 5) is 12.3. The number of aliphatic imine (C=N–C) groups is 2. The zero-order valence-electron chi connectivity index (χ0n) is 20.9. The highest BCUT2D eigenvalue weighted by molar-refractivity contribution is 6.00. The van der Waals surface area contributed by atoms with E-state index < -0.39 is 0 Å². The number of quaternary nitrogens is 1. The van der Waals surface area contributed by atoms with Crippen molar-refractivity contribution in [3.63, 3.8) is 0 Å². The molecule has 1 saturated heterocycles. The van der Waals surface area contributed by atoms with Crippen LogP contribution in [0.4, 0.5) is 0 Å². The van der Waals surface area contributed by atoms with Gasteiger partial charge >= 0.3 is 0 Å². The van der Waals surface area contributed by atoms with E-state index >= 15 is 0 Å². The van der Waals surface area contributed by atoms with Crippen molar-refractivity contribution in [2.45, 2.75) is 45.1 Å². The molecular weight excluding hydrogens is 446 g/mol. The molecule has 36 heavy (non-hydrogen) atoms. The predicted octanol–water partition coefficient (Wildman–Crippen LogP) is 5.39. The molecule has 0 aromatic heterocycles. The van der Waals surface area contributed by atoms with Gasteiger partial charge in [0.05, 0.1) is 18.0 Å². The van der Waals surface area contributed by atoms with Gasteiger partial charge in [-0.1, -0.05) is 49.2 Å². The van der Waals surface area contributed by atoms with Gasteiger partial charge in [-0.25, -0.2) is 0 Å². The molecule has 3 aliphatic heterocycles. The van der Waals surface area contributed by atoms with E-state index in [1.807, 2.05) is 42.7 Å². The number of benzene rings is 2. The maximum absolute atomic E-state index is 6.99. The van der Waals surface area contributed by atoms with Crippen LogP contribution in [0.15, 0.2) is 88.4 Å². The Kier molecular flexibility index (Phi) is 6.57. The molecule has 0 bridgehead atoms. The van der Waals surface area contributed by atoms with Gasteiger partial charge in [-0.15, -0.1) is 4.59 Å². The Balaban J connectivity index is 1.18. The van der Waals surface area contributed by atoms with E-state index in [-0.39, 0.29) is 4.59 Å². The molecule has 1 aliphatic carbocycles. The number of hydrogen-bond donors (Lipinski definition) is 1. The van der Waals surface area contributed by atoms with Crippen molar-refractivity contribution in [1.29, 1.82) is 0 Å². The van der Waals surface area contributed by atoms with Gasteiger partial charge in [-0.2, -0.15) is 10.8 Å². The van der Waals surface area contributed by atoms with Crippen molar-refractivity contribution < 1.29 is 9.33 Å². The summed E-state index contributed by atoms with van der Waals surface area (Å²) in [5.41, 5.74) is 4.24. The zero-order valence-corrected chi connectivity index (χ0v) is 20.9. The smallest absolute Gasteiger partial charge is 0.265 e. The number of fused-ring (bicyclic) bond motifs is 1. The van der Waals surface area contributed by atoms with E-state index in [1.165, 1.54) is 58.2 Å². The second-order valence-electron chi connectivity index (χ2n) is 10.6. The van der Waals surface area contributed by atoms with Crippen LogP contribution in [-0.4, -0.2) is 41.2 Å². The van der Waals surface area contributed by atoms with Crippen molar-refractivity contribution >= 4 is 12.1 Å². The Bertz CT molecular complexity index is 1200. The summed E-state index contributed by atoms with van der Waals surface area (Å²) >= 11 is 0. The van der Waals surface area contributed by atoms with Crippen molar-refractivity contribution in [1.82, 2.24) is 4.90 Å². The second-order valence-corrected chi connectivity index (χ2v) is 10.6. The Morgan fingerprint density at radius 1 is 0.972 bits per heavy atom. The Morgan fingerprint density at radius 2 is 1.78 bits per heavy atom. The molecule has 2 aromatic carbocycles. The second kappa shape index (κ2) is 10.1. The molecule has 0 radical (unpaired) electrons. The summed E-state index contributed by atoms with van der Waals surface area (Å²) < 4.78 is 6.18. The molecule has 2 aromatic rings. The average Bonchev–Trinajstić information content (AvgIpc) is 3.01. The molecule has 6 heteroatoms. The predicted molar refractivity (Wildman–Crippen MR) is 144 cm³/mol. The molecule has 1 atom stereocenters. The first-order chi connectivity index (χ1) is 17.7. The minimum absolute atomic E-state index is 0.0776. The highest BCUT2D eigenvalue weighted by Gasteiger charge is 2.48. The van der Waals surface area contributed by atoms with E-state index in [1.54, 1.807) is 6.20 Å². The molecule has 0 spiro atoms. The quantitative estimate of drug-likeness (QED) is 0.425. The largest absolute Gasteiger partial charge is 0.489 e. The standard InChI is InChI=1S/C30H36N5O/c31-35-16-13-32-20-28(35)29(26-17-24(18-26)21-34-14-6-1-2-7-15-34)33-30(35)25-11-8-12-27(19-25)36-22-23-9-4-3-5-10-23/h3-5,8-13,16,19-20,24,26H,1-2,6-7,14-15,17-18,21-22,31H2/q+1. The maximum Gasteiger partial charge on any atom is 0.265 e. The highest BCUT2D eigenvalue weighted by atomic mass is 16.5. The molecule has 4 aliphatic rings. The van der Waals surface area contributed by atoms with Gasteiger partial charge in [0.2, 0.25) is 5.70 Å². The van der Waals surface area contributed by atoms with Crippen LogP contribution >= 0.6 is 0 Å². The molecule has 6 nitrogen and oxygen atoms in total. The highest BCUT2D eigenvalue weighted by Crippen LogP contribution is 2.45. The first-order valence-electron chi connectivity index (χ1n) is 13.4. The minimum Gasteiger partial charge on any atom is -0.489 e. The fourth-order valence-electron chi connectivity index (χ4n) is 5.96. The summed E-state index contributed by atoms with van der Waals surface area (Å²) in [5.74, 6) is 9.84. The van der Waals surface area contributed by atoms with E-state index in [4.69, 9.17) is 15.6 Å². The van der Waals surface area contributed by atoms with Crippen LogP contribution in [0.3, 0.4) is 0 Å². The number of nitrogens with zero attached hydrogens (tertiary/aromatic N) is 4. The van der Waals surface area contributed by atoms with E-state index in [0.29, 0.717) is 12.5 Å². The third-order valence-corrected chi connectivity index (χ3v) is 8.00. The monoisotopic (exact) mass is 482 g/mol. The van der Waals surface area contributed by atoms with Crippen molar-refractivity contribution in [3.8, 4) is 5.75 Å². The van der Waals surface area contributed by atoms with E-state index in [0.717, 1.165) is 40.0 Å².